The highest BCUT2D eigenvalue weighted by molar-refractivity contribution is 5.78. The number of rotatable bonds is 6. The fraction of sp³-hybridized carbons (Fsp3) is 0.438. The summed E-state index contributed by atoms with van der Waals surface area (Å²) >= 11 is 0. The fourth-order valence-corrected chi connectivity index (χ4v) is 2.22. The highest BCUT2D eigenvalue weighted by Crippen LogP contribution is 2.22. The number of fused-ring (bicyclic) bond motifs is 1. The van der Waals surface area contributed by atoms with Crippen LogP contribution < -0.4 is 10.1 Å². The number of aromatic nitrogens is 2. The minimum absolute atomic E-state index is 0.473. The molecule has 1 N–H and O–H groups in total. The van der Waals surface area contributed by atoms with Gasteiger partial charge in [0, 0.05) is 25.1 Å². The van der Waals surface area contributed by atoms with Gasteiger partial charge in [0.1, 0.15) is 11.6 Å². The van der Waals surface area contributed by atoms with E-state index >= 15 is 0 Å². The summed E-state index contributed by atoms with van der Waals surface area (Å²) in [7, 11) is 1.66. The van der Waals surface area contributed by atoms with Crippen molar-refractivity contribution in [3.8, 4) is 18.1 Å². The minimum Gasteiger partial charge on any atom is -0.497 e. The average Bonchev–Trinajstić information content (AvgIpc) is 2.76. The summed E-state index contributed by atoms with van der Waals surface area (Å²) in [6, 6.07) is 6.37. The Labute approximate surface area is 120 Å². The third-order valence-corrected chi connectivity index (χ3v) is 3.19. The normalized spacial score (nSPS) is 10.9. The SMILES string of the molecule is C#CCn1c(CCNC(C)C)nc2cc(OC)ccc21. The van der Waals surface area contributed by atoms with Crippen LogP contribution in [0.5, 0.6) is 5.75 Å². The summed E-state index contributed by atoms with van der Waals surface area (Å²) in [6.45, 7) is 5.70. The molecule has 2 aromatic rings. The van der Waals surface area contributed by atoms with E-state index in [0.717, 1.165) is 35.6 Å². The Morgan fingerprint density at radius 2 is 2.25 bits per heavy atom. The summed E-state index contributed by atoms with van der Waals surface area (Å²) in [5, 5.41) is 3.40. The van der Waals surface area contributed by atoms with Gasteiger partial charge in [-0.2, -0.15) is 0 Å². The van der Waals surface area contributed by atoms with Crippen LogP contribution in [0.15, 0.2) is 18.2 Å². The van der Waals surface area contributed by atoms with Crippen molar-refractivity contribution in [1.29, 1.82) is 0 Å². The lowest BCUT2D eigenvalue weighted by Gasteiger charge is -2.09. The van der Waals surface area contributed by atoms with Crippen molar-refractivity contribution in [1.82, 2.24) is 14.9 Å². The van der Waals surface area contributed by atoms with E-state index in [9.17, 15) is 0 Å². The molecule has 0 saturated carbocycles. The smallest absolute Gasteiger partial charge is 0.121 e. The van der Waals surface area contributed by atoms with E-state index in [0.29, 0.717) is 12.6 Å². The van der Waals surface area contributed by atoms with E-state index in [1.54, 1.807) is 7.11 Å². The first-order valence-electron chi connectivity index (χ1n) is 6.85. The summed E-state index contributed by atoms with van der Waals surface area (Å²) < 4.78 is 7.34. The van der Waals surface area contributed by atoms with Crippen LogP contribution in [0.25, 0.3) is 11.0 Å². The predicted molar refractivity (Wildman–Crippen MR) is 82.0 cm³/mol. The largest absolute Gasteiger partial charge is 0.497 e. The Hall–Kier alpha value is -1.99. The van der Waals surface area contributed by atoms with Crippen LogP contribution in [0.1, 0.15) is 19.7 Å². The number of benzene rings is 1. The fourth-order valence-electron chi connectivity index (χ4n) is 2.22. The summed E-state index contributed by atoms with van der Waals surface area (Å²) in [5.41, 5.74) is 1.99. The molecule has 4 nitrogen and oxygen atoms in total. The first-order valence-corrected chi connectivity index (χ1v) is 6.85. The van der Waals surface area contributed by atoms with Gasteiger partial charge in [-0.15, -0.1) is 6.42 Å². The number of nitrogens with zero attached hydrogens (tertiary/aromatic N) is 2. The lowest BCUT2D eigenvalue weighted by Crippen LogP contribution is -2.25. The molecule has 0 saturated heterocycles. The highest BCUT2D eigenvalue weighted by Gasteiger charge is 2.10. The van der Waals surface area contributed by atoms with Gasteiger partial charge in [-0.3, -0.25) is 0 Å². The molecule has 0 amide bonds. The van der Waals surface area contributed by atoms with Gasteiger partial charge in [-0.1, -0.05) is 19.8 Å². The molecule has 1 aromatic heterocycles. The van der Waals surface area contributed by atoms with Crippen molar-refractivity contribution >= 4 is 11.0 Å². The van der Waals surface area contributed by atoms with Crippen LogP contribution in [-0.4, -0.2) is 29.2 Å². The maximum absolute atomic E-state index is 5.47. The lowest BCUT2D eigenvalue weighted by molar-refractivity contribution is 0.415. The Morgan fingerprint density at radius 1 is 1.45 bits per heavy atom. The van der Waals surface area contributed by atoms with Crippen molar-refractivity contribution in [2.45, 2.75) is 32.9 Å². The molecule has 2 rings (SSSR count). The topological polar surface area (TPSA) is 39.1 Å². The summed E-state index contributed by atoms with van der Waals surface area (Å²) in [4.78, 5) is 4.68. The molecule has 106 valence electrons. The van der Waals surface area contributed by atoms with E-state index in [2.05, 4.69) is 34.6 Å². The molecule has 0 spiro atoms. The van der Waals surface area contributed by atoms with Gasteiger partial charge in [0.15, 0.2) is 0 Å². The monoisotopic (exact) mass is 271 g/mol. The molecule has 1 heterocycles. The maximum atomic E-state index is 5.47. The predicted octanol–water partition coefficient (Wildman–Crippen LogP) is 2.22. The molecular formula is C16H21N3O. The molecule has 20 heavy (non-hydrogen) atoms. The first-order chi connectivity index (χ1) is 9.65. The number of imidazole rings is 1. The van der Waals surface area contributed by atoms with E-state index < -0.39 is 0 Å². The van der Waals surface area contributed by atoms with Crippen LogP contribution in [0, 0.1) is 12.3 Å². The quantitative estimate of drug-likeness (QED) is 0.819. The van der Waals surface area contributed by atoms with Crippen LogP contribution >= 0.6 is 0 Å². The van der Waals surface area contributed by atoms with E-state index in [-0.39, 0.29) is 0 Å². The maximum Gasteiger partial charge on any atom is 0.121 e. The van der Waals surface area contributed by atoms with Crippen molar-refractivity contribution in [3.05, 3.63) is 24.0 Å². The molecule has 0 atom stereocenters. The van der Waals surface area contributed by atoms with E-state index in [1.165, 1.54) is 0 Å². The van der Waals surface area contributed by atoms with Gasteiger partial charge >= 0.3 is 0 Å². The van der Waals surface area contributed by atoms with Crippen molar-refractivity contribution in [2.75, 3.05) is 13.7 Å². The Morgan fingerprint density at radius 3 is 2.90 bits per heavy atom. The van der Waals surface area contributed by atoms with E-state index in [4.69, 9.17) is 11.2 Å². The Kier molecular flexibility index (Phi) is 4.65. The first kappa shape index (κ1) is 14.4. The number of nitrogens with one attached hydrogen (secondary N) is 1. The minimum atomic E-state index is 0.473. The zero-order valence-electron chi connectivity index (χ0n) is 12.3. The molecule has 0 aliphatic carbocycles. The number of methoxy groups -OCH3 is 1. The molecule has 1 aromatic carbocycles. The average molecular weight is 271 g/mol. The zero-order chi connectivity index (χ0) is 14.5. The number of hydrogen-bond donors (Lipinski definition) is 1. The Bertz CT molecular complexity index is 622. The zero-order valence-corrected chi connectivity index (χ0v) is 12.3. The highest BCUT2D eigenvalue weighted by atomic mass is 16.5. The molecule has 0 aliphatic heterocycles. The van der Waals surface area contributed by atoms with E-state index in [1.807, 2.05) is 18.2 Å². The molecular weight excluding hydrogens is 250 g/mol. The Balaban J connectivity index is 2.32. The third kappa shape index (κ3) is 3.12. The van der Waals surface area contributed by atoms with Crippen LogP contribution in [0.2, 0.25) is 0 Å². The van der Waals surface area contributed by atoms with Gasteiger partial charge in [-0.25, -0.2) is 4.98 Å². The molecule has 0 unspecified atom stereocenters. The van der Waals surface area contributed by atoms with Gasteiger partial charge in [0.05, 0.1) is 24.7 Å². The summed E-state index contributed by atoms with van der Waals surface area (Å²) in [6.07, 6.45) is 6.33. The molecule has 0 bridgehead atoms. The number of ether oxygens (including phenoxy) is 1. The second kappa shape index (κ2) is 6.44. The van der Waals surface area contributed by atoms with Gasteiger partial charge in [0.25, 0.3) is 0 Å². The molecule has 0 aliphatic rings. The third-order valence-electron chi connectivity index (χ3n) is 3.19. The van der Waals surface area contributed by atoms with Crippen molar-refractivity contribution in [3.63, 3.8) is 0 Å². The van der Waals surface area contributed by atoms with Crippen LogP contribution in [0.4, 0.5) is 0 Å². The standard InChI is InChI=1S/C16H21N3O/c1-5-10-19-15-7-6-13(20-4)11-14(15)18-16(19)8-9-17-12(2)3/h1,6-7,11-12,17H,8-10H2,2-4H3. The van der Waals surface area contributed by atoms with Crippen molar-refractivity contribution in [2.24, 2.45) is 0 Å². The van der Waals surface area contributed by atoms with Gasteiger partial charge < -0.3 is 14.6 Å². The number of hydrogen-bond acceptors (Lipinski definition) is 3. The van der Waals surface area contributed by atoms with Gasteiger partial charge in [0.2, 0.25) is 0 Å². The lowest BCUT2D eigenvalue weighted by atomic mass is 10.3. The molecule has 0 radical (unpaired) electrons. The van der Waals surface area contributed by atoms with Gasteiger partial charge in [-0.05, 0) is 12.1 Å². The van der Waals surface area contributed by atoms with Crippen LogP contribution in [0.3, 0.4) is 0 Å². The molecule has 0 fully saturated rings. The molecule has 4 heteroatoms. The number of terminal acetylenes is 1. The second-order valence-electron chi connectivity index (χ2n) is 5.03. The van der Waals surface area contributed by atoms with Crippen LogP contribution in [-0.2, 0) is 13.0 Å². The second-order valence-corrected chi connectivity index (χ2v) is 5.03. The van der Waals surface area contributed by atoms with Crippen molar-refractivity contribution < 1.29 is 4.74 Å². The summed E-state index contributed by atoms with van der Waals surface area (Å²) in [5.74, 6) is 4.53.